The Morgan fingerprint density at radius 3 is 3.10 bits per heavy atom. The summed E-state index contributed by atoms with van der Waals surface area (Å²) in [6.07, 6.45) is 1.19. The number of halogens is 1. The van der Waals surface area contributed by atoms with Crippen molar-refractivity contribution in [2.75, 3.05) is 26.2 Å². The molecule has 1 aromatic heterocycles. The molecule has 1 saturated heterocycles. The number of aryl methyl sites for hydroxylation is 1. The second-order valence-electron chi connectivity index (χ2n) is 5.70. The standard InChI is InChI=1S/C16H22ClN3O/c1-11-13-3-2-4-14(17)16(13)19-15(11)10-20-7-8-21-12(9-20)5-6-18/h2-4,12,19H,5-10,18H2,1H3. The van der Waals surface area contributed by atoms with Crippen LogP contribution in [0.4, 0.5) is 0 Å². The zero-order chi connectivity index (χ0) is 14.8. The van der Waals surface area contributed by atoms with Crippen LogP contribution in [0.5, 0.6) is 0 Å². The lowest BCUT2D eigenvalue weighted by atomic mass is 10.1. The third-order valence-electron chi connectivity index (χ3n) is 4.24. The molecule has 0 amide bonds. The van der Waals surface area contributed by atoms with Gasteiger partial charge in [-0.1, -0.05) is 23.7 Å². The third-order valence-corrected chi connectivity index (χ3v) is 4.55. The molecular weight excluding hydrogens is 286 g/mol. The molecule has 1 aliphatic heterocycles. The van der Waals surface area contributed by atoms with Gasteiger partial charge in [-0.05, 0) is 31.5 Å². The average molecular weight is 308 g/mol. The van der Waals surface area contributed by atoms with Crippen LogP contribution >= 0.6 is 11.6 Å². The Balaban J connectivity index is 1.78. The van der Waals surface area contributed by atoms with Crippen molar-refractivity contribution in [2.45, 2.75) is 26.0 Å². The first-order valence-electron chi connectivity index (χ1n) is 7.48. The minimum absolute atomic E-state index is 0.261. The van der Waals surface area contributed by atoms with E-state index in [1.807, 2.05) is 12.1 Å². The number of nitrogens with two attached hydrogens (primary N) is 1. The lowest BCUT2D eigenvalue weighted by Gasteiger charge is -2.32. The van der Waals surface area contributed by atoms with E-state index in [1.165, 1.54) is 16.6 Å². The van der Waals surface area contributed by atoms with Crippen molar-refractivity contribution >= 4 is 22.5 Å². The number of morpholine rings is 1. The molecule has 1 atom stereocenters. The fourth-order valence-electron chi connectivity index (χ4n) is 3.04. The van der Waals surface area contributed by atoms with Crippen molar-refractivity contribution in [2.24, 2.45) is 5.73 Å². The minimum atomic E-state index is 0.261. The van der Waals surface area contributed by atoms with Gasteiger partial charge in [-0.15, -0.1) is 0 Å². The van der Waals surface area contributed by atoms with Crippen LogP contribution in [-0.2, 0) is 11.3 Å². The summed E-state index contributed by atoms with van der Waals surface area (Å²) in [5.74, 6) is 0. The molecule has 1 aliphatic rings. The highest BCUT2D eigenvalue weighted by Gasteiger charge is 2.21. The number of fused-ring (bicyclic) bond motifs is 1. The second-order valence-corrected chi connectivity index (χ2v) is 6.10. The predicted molar refractivity (Wildman–Crippen MR) is 86.7 cm³/mol. The second kappa shape index (κ2) is 6.36. The molecule has 1 aromatic carbocycles. The van der Waals surface area contributed by atoms with E-state index in [1.54, 1.807) is 0 Å². The molecule has 2 aromatic rings. The number of H-pyrrole nitrogens is 1. The monoisotopic (exact) mass is 307 g/mol. The Morgan fingerprint density at radius 1 is 1.48 bits per heavy atom. The van der Waals surface area contributed by atoms with Gasteiger partial charge >= 0.3 is 0 Å². The van der Waals surface area contributed by atoms with Gasteiger partial charge in [0.15, 0.2) is 0 Å². The number of nitrogens with zero attached hydrogens (tertiary/aromatic N) is 1. The SMILES string of the molecule is Cc1c(CN2CCOC(CCN)C2)[nH]c2c(Cl)cccc12. The number of aromatic amines is 1. The van der Waals surface area contributed by atoms with Gasteiger partial charge in [0.2, 0.25) is 0 Å². The van der Waals surface area contributed by atoms with Crippen LogP contribution in [0.15, 0.2) is 18.2 Å². The van der Waals surface area contributed by atoms with E-state index >= 15 is 0 Å². The summed E-state index contributed by atoms with van der Waals surface area (Å²) in [7, 11) is 0. The molecule has 3 N–H and O–H groups in total. The summed E-state index contributed by atoms with van der Waals surface area (Å²) in [6, 6.07) is 6.05. The number of benzene rings is 1. The zero-order valence-corrected chi connectivity index (χ0v) is 13.1. The van der Waals surface area contributed by atoms with Crippen LogP contribution in [0.2, 0.25) is 5.02 Å². The maximum Gasteiger partial charge on any atom is 0.0714 e. The fourth-order valence-corrected chi connectivity index (χ4v) is 3.26. The lowest BCUT2D eigenvalue weighted by Crippen LogP contribution is -2.42. The number of hydrogen-bond acceptors (Lipinski definition) is 3. The van der Waals surface area contributed by atoms with Crippen LogP contribution in [0.1, 0.15) is 17.7 Å². The first-order valence-corrected chi connectivity index (χ1v) is 7.86. The molecule has 1 fully saturated rings. The van der Waals surface area contributed by atoms with Crippen molar-refractivity contribution in [1.82, 2.24) is 9.88 Å². The topological polar surface area (TPSA) is 54.3 Å². The Kier molecular flexibility index (Phi) is 4.50. The number of nitrogens with one attached hydrogen (secondary N) is 1. The van der Waals surface area contributed by atoms with Gasteiger partial charge in [-0.25, -0.2) is 0 Å². The van der Waals surface area contributed by atoms with Gasteiger partial charge in [-0.3, -0.25) is 4.90 Å². The van der Waals surface area contributed by atoms with Crippen molar-refractivity contribution in [1.29, 1.82) is 0 Å². The predicted octanol–water partition coefficient (Wildman–Crippen LogP) is 2.68. The molecule has 0 saturated carbocycles. The van der Waals surface area contributed by atoms with Crippen LogP contribution in [-0.4, -0.2) is 42.2 Å². The lowest BCUT2D eigenvalue weighted by molar-refractivity contribution is -0.0338. The van der Waals surface area contributed by atoms with Gasteiger partial charge < -0.3 is 15.5 Å². The molecule has 0 bridgehead atoms. The van der Waals surface area contributed by atoms with Crippen molar-refractivity contribution < 1.29 is 4.74 Å². The fraction of sp³-hybridized carbons (Fsp3) is 0.500. The van der Waals surface area contributed by atoms with Crippen LogP contribution < -0.4 is 5.73 Å². The van der Waals surface area contributed by atoms with E-state index < -0.39 is 0 Å². The Hall–Kier alpha value is -1.07. The van der Waals surface area contributed by atoms with E-state index in [4.69, 9.17) is 22.1 Å². The van der Waals surface area contributed by atoms with Crippen LogP contribution in [0.25, 0.3) is 10.9 Å². The van der Waals surface area contributed by atoms with E-state index in [-0.39, 0.29) is 6.10 Å². The Bertz CT molecular complexity index is 623. The molecule has 0 spiro atoms. The summed E-state index contributed by atoms with van der Waals surface area (Å²) in [4.78, 5) is 5.91. The van der Waals surface area contributed by atoms with Gasteiger partial charge in [-0.2, -0.15) is 0 Å². The number of ether oxygens (including phenoxy) is 1. The molecule has 3 rings (SSSR count). The van der Waals surface area contributed by atoms with Crippen LogP contribution in [0.3, 0.4) is 0 Å². The minimum Gasteiger partial charge on any atom is -0.376 e. The third kappa shape index (κ3) is 3.09. The van der Waals surface area contributed by atoms with Gasteiger partial charge in [0.05, 0.1) is 23.3 Å². The molecule has 5 heteroatoms. The summed E-state index contributed by atoms with van der Waals surface area (Å²) >= 11 is 6.27. The highest BCUT2D eigenvalue weighted by Crippen LogP contribution is 2.28. The van der Waals surface area contributed by atoms with Gasteiger partial charge in [0, 0.05) is 30.7 Å². The average Bonchev–Trinajstić information content (AvgIpc) is 2.79. The largest absolute Gasteiger partial charge is 0.376 e. The van der Waals surface area contributed by atoms with Crippen molar-refractivity contribution in [3.8, 4) is 0 Å². The normalized spacial score (nSPS) is 20.2. The van der Waals surface area contributed by atoms with Crippen molar-refractivity contribution in [3.63, 3.8) is 0 Å². The van der Waals surface area contributed by atoms with Gasteiger partial charge in [0.1, 0.15) is 0 Å². The Morgan fingerprint density at radius 2 is 2.33 bits per heavy atom. The molecule has 0 aliphatic carbocycles. The maximum absolute atomic E-state index is 6.27. The van der Waals surface area contributed by atoms with E-state index in [0.717, 1.165) is 43.2 Å². The molecular formula is C16H22ClN3O. The number of hydrogen-bond donors (Lipinski definition) is 2. The molecule has 2 heterocycles. The molecule has 0 radical (unpaired) electrons. The van der Waals surface area contributed by atoms with Gasteiger partial charge in [0.25, 0.3) is 0 Å². The molecule has 4 nitrogen and oxygen atoms in total. The summed E-state index contributed by atoms with van der Waals surface area (Å²) in [5, 5.41) is 1.99. The van der Waals surface area contributed by atoms with E-state index in [9.17, 15) is 0 Å². The number of para-hydroxylation sites is 1. The maximum atomic E-state index is 6.27. The van der Waals surface area contributed by atoms with E-state index in [2.05, 4.69) is 22.9 Å². The number of aromatic nitrogens is 1. The van der Waals surface area contributed by atoms with Crippen LogP contribution in [0, 0.1) is 6.92 Å². The highest BCUT2D eigenvalue weighted by molar-refractivity contribution is 6.35. The summed E-state index contributed by atoms with van der Waals surface area (Å²) in [5.41, 5.74) is 9.20. The molecule has 21 heavy (non-hydrogen) atoms. The Labute approximate surface area is 130 Å². The summed E-state index contributed by atoms with van der Waals surface area (Å²) in [6.45, 7) is 6.43. The smallest absolute Gasteiger partial charge is 0.0714 e. The first kappa shape index (κ1) is 14.9. The molecule has 114 valence electrons. The quantitative estimate of drug-likeness (QED) is 0.913. The zero-order valence-electron chi connectivity index (χ0n) is 12.4. The highest BCUT2D eigenvalue weighted by atomic mass is 35.5. The van der Waals surface area contributed by atoms with E-state index in [0.29, 0.717) is 6.54 Å². The first-order chi connectivity index (χ1) is 10.2. The summed E-state index contributed by atoms with van der Waals surface area (Å²) < 4.78 is 5.74. The molecule has 1 unspecified atom stereocenters. The number of rotatable bonds is 4. The van der Waals surface area contributed by atoms with Crippen molar-refractivity contribution in [3.05, 3.63) is 34.5 Å².